The van der Waals surface area contributed by atoms with Crippen LogP contribution in [0.25, 0.3) is 0 Å². The summed E-state index contributed by atoms with van der Waals surface area (Å²) in [5, 5.41) is 3.10. The van der Waals surface area contributed by atoms with Crippen LogP contribution in [0.3, 0.4) is 0 Å². The number of rotatable bonds is 10. The third kappa shape index (κ3) is 8.40. The minimum absolute atomic E-state index is 0. The number of nitrogens with two attached hydrogens (primary N) is 1. The number of guanidine groups is 1. The van der Waals surface area contributed by atoms with Crippen LogP contribution in [0.2, 0.25) is 0 Å². The molecule has 0 spiro atoms. The largest absolute Gasteiger partial charge is 0.497 e. The second-order valence-corrected chi connectivity index (χ2v) is 5.92. The zero-order valence-electron chi connectivity index (χ0n) is 15.4. The van der Waals surface area contributed by atoms with E-state index in [0.717, 1.165) is 24.5 Å². The van der Waals surface area contributed by atoms with Crippen LogP contribution in [0.4, 0.5) is 5.69 Å². The first kappa shape index (κ1) is 23.5. The van der Waals surface area contributed by atoms with E-state index in [9.17, 15) is 0 Å². The summed E-state index contributed by atoms with van der Waals surface area (Å²) in [5.74, 6) is 1.66. The van der Waals surface area contributed by atoms with Gasteiger partial charge in [-0.25, -0.2) is 0 Å². The van der Waals surface area contributed by atoms with Crippen LogP contribution in [0.15, 0.2) is 54.6 Å². The maximum atomic E-state index is 6.02. The molecule has 1 unspecified atom stereocenters. The van der Waals surface area contributed by atoms with E-state index >= 15 is 0 Å². The topological polar surface area (TPSA) is 62.9 Å². The molecule has 0 saturated heterocycles. The van der Waals surface area contributed by atoms with Gasteiger partial charge >= 0.3 is 0 Å². The van der Waals surface area contributed by atoms with E-state index in [1.807, 2.05) is 36.4 Å². The molecule has 140 valence electrons. The fraction of sp³-hybridized carbons (Fsp3) is 0.421. The van der Waals surface area contributed by atoms with Gasteiger partial charge in [-0.15, -0.1) is 37.1 Å². The molecule has 1 aromatic carbocycles. The van der Waals surface area contributed by atoms with E-state index in [2.05, 4.69) is 42.2 Å². The van der Waals surface area contributed by atoms with Crippen LogP contribution in [0, 0.1) is 5.92 Å². The van der Waals surface area contributed by atoms with Crippen molar-refractivity contribution < 1.29 is 4.74 Å². The molecule has 0 aliphatic heterocycles. The van der Waals surface area contributed by atoms with Gasteiger partial charge in [0.25, 0.3) is 0 Å². The number of nitrogens with one attached hydrogen (secondary N) is 1. The summed E-state index contributed by atoms with van der Waals surface area (Å²) in [6.07, 6.45) is 3.81. The van der Waals surface area contributed by atoms with Gasteiger partial charge < -0.3 is 15.8 Å². The molecule has 0 aromatic heterocycles. The zero-order chi connectivity index (χ0) is 17.9. The number of ether oxygens (including phenoxy) is 1. The molecule has 0 aliphatic rings. The van der Waals surface area contributed by atoms with Crippen molar-refractivity contribution in [2.24, 2.45) is 16.6 Å². The van der Waals surface area contributed by atoms with Crippen molar-refractivity contribution in [1.82, 2.24) is 4.90 Å². The van der Waals surface area contributed by atoms with Gasteiger partial charge in [0.1, 0.15) is 5.75 Å². The molecule has 0 saturated carbocycles. The van der Waals surface area contributed by atoms with Crippen LogP contribution in [-0.4, -0.2) is 43.6 Å². The van der Waals surface area contributed by atoms with Crippen LogP contribution < -0.4 is 15.8 Å². The average Bonchev–Trinajstić information content (AvgIpc) is 2.55. The number of methoxy groups -OCH3 is 1. The maximum absolute atomic E-state index is 6.02. The first-order valence-electron chi connectivity index (χ1n) is 8.18. The van der Waals surface area contributed by atoms with Crippen LogP contribution >= 0.6 is 24.0 Å². The first-order chi connectivity index (χ1) is 11.5. The lowest BCUT2D eigenvalue weighted by atomic mass is 10.0. The highest BCUT2D eigenvalue weighted by Crippen LogP contribution is 2.15. The lowest BCUT2D eigenvalue weighted by Gasteiger charge is -2.31. The lowest BCUT2D eigenvalue weighted by molar-refractivity contribution is 0.196. The van der Waals surface area contributed by atoms with Gasteiger partial charge in [0.05, 0.1) is 13.7 Å². The van der Waals surface area contributed by atoms with Gasteiger partial charge in [-0.1, -0.05) is 26.0 Å². The number of halogens is 1. The highest BCUT2D eigenvalue weighted by Gasteiger charge is 2.19. The molecule has 5 nitrogen and oxygen atoms in total. The van der Waals surface area contributed by atoms with E-state index in [-0.39, 0.29) is 30.0 Å². The molecule has 0 heterocycles. The molecule has 0 aliphatic carbocycles. The summed E-state index contributed by atoms with van der Waals surface area (Å²) in [6, 6.07) is 7.84. The molecule has 25 heavy (non-hydrogen) atoms. The molecule has 6 heteroatoms. The van der Waals surface area contributed by atoms with Crippen molar-refractivity contribution in [3.63, 3.8) is 0 Å². The Morgan fingerprint density at radius 2 is 1.80 bits per heavy atom. The predicted octanol–water partition coefficient (Wildman–Crippen LogP) is 3.74. The smallest absolute Gasteiger partial charge is 0.193 e. The Morgan fingerprint density at radius 3 is 2.24 bits per heavy atom. The summed E-state index contributed by atoms with van der Waals surface area (Å²) < 4.78 is 5.14. The monoisotopic (exact) mass is 458 g/mol. The minimum atomic E-state index is 0. The van der Waals surface area contributed by atoms with Gasteiger partial charge in [-0.3, -0.25) is 9.89 Å². The van der Waals surface area contributed by atoms with Crippen molar-refractivity contribution >= 4 is 35.6 Å². The van der Waals surface area contributed by atoms with Crippen molar-refractivity contribution in [2.45, 2.75) is 19.9 Å². The summed E-state index contributed by atoms with van der Waals surface area (Å²) in [4.78, 5) is 6.81. The number of hydrogen-bond acceptors (Lipinski definition) is 3. The predicted molar refractivity (Wildman–Crippen MR) is 119 cm³/mol. The Labute approximate surface area is 169 Å². The Hall–Kier alpha value is -1.54. The molecule has 0 radical (unpaired) electrons. The summed E-state index contributed by atoms with van der Waals surface area (Å²) >= 11 is 0. The number of nitrogens with zero attached hydrogens (tertiary/aromatic N) is 2. The summed E-state index contributed by atoms with van der Waals surface area (Å²) in [6.45, 7) is 14.3. The normalized spacial score (nSPS) is 12.4. The van der Waals surface area contributed by atoms with E-state index in [4.69, 9.17) is 10.5 Å². The van der Waals surface area contributed by atoms with Crippen LogP contribution in [0.1, 0.15) is 13.8 Å². The minimum Gasteiger partial charge on any atom is -0.497 e. The average molecular weight is 458 g/mol. The first-order valence-corrected chi connectivity index (χ1v) is 8.18. The van der Waals surface area contributed by atoms with E-state index in [0.29, 0.717) is 18.4 Å². The standard InChI is InChI=1S/C19H30N4O.HI/c1-6-12-23(13-7-2)18(15(3)4)14-21-19(20)22-16-8-10-17(24-5)11-9-16;/h6-11,15,18H,1-2,12-14H2,3-5H3,(H3,20,21,22);1H. The Morgan fingerprint density at radius 1 is 1.24 bits per heavy atom. The second-order valence-electron chi connectivity index (χ2n) is 5.92. The molecule has 1 atom stereocenters. The van der Waals surface area contributed by atoms with Gasteiger partial charge in [0.15, 0.2) is 5.96 Å². The second kappa shape index (κ2) is 12.8. The van der Waals surface area contributed by atoms with Gasteiger partial charge in [0.2, 0.25) is 0 Å². The Bertz CT molecular complexity index is 533. The highest BCUT2D eigenvalue weighted by atomic mass is 127. The number of benzene rings is 1. The Balaban J connectivity index is 0.00000576. The van der Waals surface area contributed by atoms with Crippen molar-refractivity contribution in [3.05, 3.63) is 49.6 Å². The van der Waals surface area contributed by atoms with E-state index < -0.39 is 0 Å². The van der Waals surface area contributed by atoms with Crippen molar-refractivity contribution in [3.8, 4) is 5.75 Å². The molecule has 0 bridgehead atoms. The Kier molecular flexibility index (Phi) is 12.0. The third-order valence-corrected chi connectivity index (χ3v) is 3.78. The molecule has 3 N–H and O–H groups in total. The van der Waals surface area contributed by atoms with E-state index in [1.165, 1.54) is 0 Å². The zero-order valence-corrected chi connectivity index (χ0v) is 17.8. The van der Waals surface area contributed by atoms with Gasteiger partial charge in [-0.2, -0.15) is 0 Å². The molecular formula is C19H31IN4O. The van der Waals surface area contributed by atoms with Crippen LogP contribution in [0.5, 0.6) is 5.75 Å². The number of hydrogen-bond donors (Lipinski definition) is 2. The van der Waals surface area contributed by atoms with Crippen molar-refractivity contribution in [1.29, 1.82) is 0 Å². The quantitative estimate of drug-likeness (QED) is 0.243. The molecule has 1 rings (SSSR count). The number of aliphatic imine (C=N–C) groups is 1. The fourth-order valence-electron chi connectivity index (χ4n) is 2.48. The summed E-state index contributed by atoms with van der Waals surface area (Å²) in [5.41, 5.74) is 6.90. The molecule has 1 aromatic rings. The molecular weight excluding hydrogens is 427 g/mol. The van der Waals surface area contributed by atoms with E-state index in [1.54, 1.807) is 7.11 Å². The molecule has 0 fully saturated rings. The van der Waals surface area contributed by atoms with Crippen LogP contribution in [-0.2, 0) is 0 Å². The third-order valence-electron chi connectivity index (χ3n) is 3.78. The van der Waals surface area contributed by atoms with Gasteiger partial charge in [-0.05, 0) is 30.2 Å². The SMILES string of the molecule is C=CCN(CC=C)C(CN=C(N)Nc1ccc(OC)cc1)C(C)C.I. The number of anilines is 1. The van der Waals surface area contributed by atoms with Crippen molar-refractivity contribution in [2.75, 3.05) is 32.1 Å². The lowest BCUT2D eigenvalue weighted by Crippen LogP contribution is -2.42. The maximum Gasteiger partial charge on any atom is 0.193 e. The molecule has 0 amide bonds. The summed E-state index contributed by atoms with van der Waals surface area (Å²) in [7, 11) is 1.64. The van der Waals surface area contributed by atoms with Gasteiger partial charge in [0, 0.05) is 24.8 Å². The fourth-order valence-corrected chi connectivity index (χ4v) is 2.48. The highest BCUT2D eigenvalue weighted by molar-refractivity contribution is 14.0.